The highest BCUT2D eigenvalue weighted by molar-refractivity contribution is 5.92. The molecule has 0 aliphatic carbocycles. The number of amides is 1. The van der Waals surface area contributed by atoms with Gasteiger partial charge in [0.15, 0.2) is 0 Å². The molecule has 2 rings (SSSR count). The third-order valence-electron chi connectivity index (χ3n) is 3.38. The lowest BCUT2D eigenvalue weighted by Crippen LogP contribution is -2.17. The van der Waals surface area contributed by atoms with E-state index in [-0.39, 0.29) is 0 Å². The summed E-state index contributed by atoms with van der Waals surface area (Å²) >= 11 is 0. The maximum Gasteiger partial charge on any atom is 0.248 e. The van der Waals surface area contributed by atoms with Gasteiger partial charge in [-0.25, -0.2) is 0 Å². The molecule has 0 aliphatic rings. The molecule has 4 heteroatoms. The fourth-order valence-corrected chi connectivity index (χ4v) is 2.31. The van der Waals surface area contributed by atoms with Crippen LogP contribution in [0.15, 0.2) is 48.5 Å². The quantitative estimate of drug-likeness (QED) is 0.855. The predicted octanol–water partition coefficient (Wildman–Crippen LogP) is 2.82. The number of nitrogens with two attached hydrogens (primary N) is 1. The van der Waals surface area contributed by atoms with Gasteiger partial charge >= 0.3 is 0 Å². The van der Waals surface area contributed by atoms with Gasteiger partial charge in [-0.1, -0.05) is 24.3 Å². The lowest BCUT2D eigenvalue weighted by molar-refractivity contribution is 0.100. The summed E-state index contributed by atoms with van der Waals surface area (Å²) in [5.74, 6) is 0.505. The Labute approximate surface area is 131 Å². The van der Waals surface area contributed by atoms with Crippen LogP contribution in [0.1, 0.15) is 28.4 Å². The van der Waals surface area contributed by atoms with Gasteiger partial charge in [0.05, 0.1) is 6.61 Å². The van der Waals surface area contributed by atoms with Crippen LogP contribution in [-0.4, -0.2) is 24.5 Å². The monoisotopic (exact) mass is 298 g/mol. The maximum atomic E-state index is 11.1. The number of ether oxygens (including phenoxy) is 1. The Kier molecular flexibility index (Phi) is 5.55. The van der Waals surface area contributed by atoms with E-state index in [1.807, 2.05) is 31.2 Å². The molecule has 0 fully saturated rings. The fourth-order valence-electron chi connectivity index (χ4n) is 2.31. The number of benzene rings is 2. The van der Waals surface area contributed by atoms with E-state index in [0.29, 0.717) is 12.2 Å². The molecular weight excluding hydrogens is 276 g/mol. The van der Waals surface area contributed by atoms with Gasteiger partial charge in [0.1, 0.15) is 5.75 Å². The molecule has 0 unspecified atom stereocenters. The van der Waals surface area contributed by atoms with Gasteiger partial charge < -0.3 is 10.5 Å². The van der Waals surface area contributed by atoms with Crippen molar-refractivity contribution in [2.45, 2.75) is 20.0 Å². The number of hydrogen-bond donors (Lipinski definition) is 1. The Morgan fingerprint density at radius 2 is 1.50 bits per heavy atom. The predicted molar refractivity (Wildman–Crippen MR) is 87.7 cm³/mol. The zero-order chi connectivity index (χ0) is 15.9. The Balaban J connectivity index is 1.91. The molecule has 1 amide bonds. The van der Waals surface area contributed by atoms with Gasteiger partial charge in [-0.15, -0.1) is 0 Å². The molecule has 0 radical (unpaired) electrons. The van der Waals surface area contributed by atoms with Crippen LogP contribution >= 0.6 is 0 Å². The number of rotatable bonds is 7. The van der Waals surface area contributed by atoms with Crippen LogP contribution in [0.2, 0.25) is 0 Å². The zero-order valence-electron chi connectivity index (χ0n) is 13.1. The second kappa shape index (κ2) is 7.61. The van der Waals surface area contributed by atoms with Gasteiger partial charge in [0, 0.05) is 18.7 Å². The molecule has 4 nitrogen and oxygen atoms in total. The fraction of sp³-hybridized carbons (Fsp3) is 0.278. The topological polar surface area (TPSA) is 55.6 Å². The van der Waals surface area contributed by atoms with Crippen LogP contribution in [0.3, 0.4) is 0 Å². The van der Waals surface area contributed by atoms with Crippen molar-refractivity contribution in [3.05, 3.63) is 65.2 Å². The minimum Gasteiger partial charge on any atom is -0.494 e. The van der Waals surface area contributed by atoms with Gasteiger partial charge in [-0.05, 0) is 49.4 Å². The number of primary amides is 1. The summed E-state index contributed by atoms with van der Waals surface area (Å²) in [4.78, 5) is 13.3. The first-order valence-corrected chi connectivity index (χ1v) is 7.37. The second-order valence-corrected chi connectivity index (χ2v) is 5.31. The highest BCUT2D eigenvalue weighted by Crippen LogP contribution is 2.14. The van der Waals surface area contributed by atoms with Crippen molar-refractivity contribution in [3.8, 4) is 5.75 Å². The van der Waals surface area contributed by atoms with E-state index in [1.165, 1.54) is 5.56 Å². The van der Waals surface area contributed by atoms with Gasteiger partial charge in [0.2, 0.25) is 5.91 Å². The van der Waals surface area contributed by atoms with Crippen LogP contribution < -0.4 is 10.5 Å². The van der Waals surface area contributed by atoms with Crippen LogP contribution in [0.5, 0.6) is 5.75 Å². The van der Waals surface area contributed by atoms with Crippen LogP contribution in [0.25, 0.3) is 0 Å². The summed E-state index contributed by atoms with van der Waals surface area (Å²) in [6.45, 7) is 4.32. The number of carbonyl (C=O) groups excluding carboxylic acids is 1. The number of carbonyl (C=O) groups is 1. The average molecular weight is 298 g/mol. The van der Waals surface area contributed by atoms with Crippen LogP contribution in [0.4, 0.5) is 0 Å². The summed E-state index contributed by atoms with van der Waals surface area (Å²) in [7, 11) is 2.07. The molecule has 0 atom stereocenters. The molecule has 0 saturated carbocycles. The molecule has 116 valence electrons. The smallest absolute Gasteiger partial charge is 0.248 e. The summed E-state index contributed by atoms with van der Waals surface area (Å²) in [5, 5.41) is 0. The summed E-state index contributed by atoms with van der Waals surface area (Å²) < 4.78 is 5.44. The van der Waals surface area contributed by atoms with Crippen molar-refractivity contribution >= 4 is 5.91 Å². The highest BCUT2D eigenvalue weighted by atomic mass is 16.5. The third kappa shape index (κ3) is 4.60. The van der Waals surface area contributed by atoms with Crippen LogP contribution in [-0.2, 0) is 13.1 Å². The Morgan fingerprint density at radius 1 is 1.00 bits per heavy atom. The van der Waals surface area contributed by atoms with Crippen molar-refractivity contribution in [1.29, 1.82) is 0 Å². The third-order valence-corrected chi connectivity index (χ3v) is 3.38. The molecule has 22 heavy (non-hydrogen) atoms. The van der Waals surface area contributed by atoms with Gasteiger partial charge in [0.25, 0.3) is 0 Å². The molecular formula is C18H22N2O2. The maximum absolute atomic E-state index is 11.1. The summed E-state index contributed by atoms with van der Waals surface area (Å²) in [5.41, 5.74) is 8.17. The molecule has 0 heterocycles. The first-order chi connectivity index (χ1) is 10.6. The molecule has 2 aromatic rings. The van der Waals surface area contributed by atoms with E-state index in [4.69, 9.17) is 10.5 Å². The molecule has 0 aromatic heterocycles. The van der Waals surface area contributed by atoms with E-state index in [9.17, 15) is 4.79 Å². The molecule has 0 saturated heterocycles. The van der Waals surface area contributed by atoms with Crippen molar-refractivity contribution < 1.29 is 9.53 Å². The van der Waals surface area contributed by atoms with E-state index >= 15 is 0 Å². The van der Waals surface area contributed by atoms with E-state index < -0.39 is 5.91 Å². The Morgan fingerprint density at radius 3 is 1.95 bits per heavy atom. The van der Waals surface area contributed by atoms with Crippen molar-refractivity contribution in [2.75, 3.05) is 13.7 Å². The summed E-state index contributed by atoms with van der Waals surface area (Å²) in [6, 6.07) is 15.6. The minimum atomic E-state index is -0.394. The first kappa shape index (κ1) is 16.0. The van der Waals surface area contributed by atoms with Crippen molar-refractivity contribution in [3.63, 3.8) is 0 Å². The zero-order valence-corrected chi connectivity index (χ0v) is 13.1. The van der Waals surface area contributed by atoms with E-state index in [1.54, 1.807) is 12.1 Å². The molecule has 0 bridgehead atoms. The molecule has 2 aromatic carbocycles. The van der Waals surface area contributed by atoms with Crippen molar-refractivity contribution in [1.82, 2.24) is 4.90 Å². The Hall–Kier alpha value is -2.33. The van der Waals surface area contributed by atoms with E-state index in [0.717, 1.165) is 24.4 Å². The second-order valence-electron chi connectivity index (χ2n) is 5.31. The lowest BCUT2D eigenvalue weighted by Gasteiger charge is -2.17. The number of nitrogens with zero attached hydrogens (tertiary/aromatic N) is 1. The minimum absolute atomic E-state index is 0.394. The van der Waals surface area contributed by atoms with Gasteiger partial charge in [-0.2, -0.15) is 0 Å². The highest BCUT2D eigenvalue weighted by Gasteiger charge is 2.04. The SMILES string of the molecule is CCOc1ccc(CN(C)Cc2ccc(C(N)=O)cc2)cc1. The molecule has 2 N–H and O–H groups in total. The summed E-state index contributed by atoms with van der Waals surface area (Å²) in [6.07, 6.45) is 0. The molecule has 0 aliphatic heterocycles. The largest absolute Gasteiger partial charge is 0.494 e. The standard InChI is InChI=1S/C18H22N2O2/c1-3-22-17-10-6-15(7-11-17)13-20(2)12-14-4-8-16(9-5-14)18(19)21/h4-11H,3,12-13H2,1-2H3,(H2,19,21). The lowest BCUT2D eigenvalue weighted by atomic mass is 10.1. The Bertz CT molecular complexity index is 606. The molecule has 0 spiro atoms. The van der Waals surface area contributed by atoms with Crippen LogP contribution in [0, 0.1) is 0 Å². The van der Waals surface area contributed by atoms with E-state index in [2.05, 4.69) is 24.1 Å². The van der Waals surface area contributed by atoms with Crippen molar-refractivity contribution in [2.24, 2.45) is 5.73 Å². The number of hydrogen-bond acceptors (Lipinski definition) is 3. The first-order valence-electron chi connectivity index (χ1n) is 7.37. The van der Waals surface area contributed by atoms with Gasteiger partial charge in [-0.3, -0.25) is 9.69 Å². The normalized spacial score (nSPS) is 10.7. The average Bonchev–Trinajstić information content (AvgIpc) is 2.50.